The summed E-state index contributed by atoms with van der Waals surface area (Å²) in [6.45, 7) is 3.72. The van der Waals surface area contributed by atoms with Crippen molar-refractivity contribution in [2.45, 2.75) is 43.0 Å². The van der Waals surface area contributed by atoms with E-state index in [2.05, 4.69) is 16.0 Å². The van der Waals surface area contributed by atoms with Gasteiger partial charge in [0.25, 0.3) is 11.8 Å². The van der Waals surface area contributed by atoms with Crippen LogP contribution in [0.4, 0.5) is 25.8 Å². The number of anilines is 3. The Balaban J connectivity index is 1.22. The van der Waals surface area contributed by atoms with E-state index < -0.39 is 33.9 Å². The van der Waals surface area contributed by atoms with Gasteiger partial charge in [0, 0.05) is 51.6 Å². The minimum Gasteiger partial charge on any atom is -0.381 e. The van der Waals surface area contributed by atoms with Crippen molar-refractivity contribution >= 4 is 86.9 Å². The van der Waals surface area contributed by atoms with Crippen LogP contribution in [0.25, 0.3) is 0 Å². The van der Waals surface area contributed by atoms with E-state index in [9.17, 15) is 18.4 Å². The average Bonchev–Trinajstić information content (AvgIpc) is 3.59. The lowest BCUT2D eigenvalue weighted by atomic mass is 10.0. The molecule has 0 saturated heterocycles. The maximum atomic E-state index is 13.9. The second-order valence-corrected chi connectivity index (χ2v) is 13.8. The molecular formula is C34H28Cl5F2N3O2. The predicted octanol–water partition coefficient (Wildman–Crippen LogP) is 10.8. The van der Waals surface area contributed by atoms with Crippen LogP contribution >= 0.6 is 58.0 Å². The van der Waals surface area contributed by atoms with Crippen molar-refractivity contribution < 1.29 is 18.4 Å². The first-order valence-corrected chi connectivity index (χ1v) is 16.2. The maximum absolute atomic E-state index is 13.9. The molecule has 2 unspecified atom stereocenters. The van der Waals surface area contributed by atoms with Crippen molar-refractivity contribution in [1.29, 1.82) is 0 Å². The second-order valence-electron chi connectivity index (χ2n) is 11.1. The van der Waals surface area contributed by atoms with Crippen molar-refractivity contribution in [3.63, 3.8) is 0 Å². The SMILES string of the molecule is CCC(F)(F)c1ccc(CNc2ccc(NC(=O)c3cc(NC(=O)C4C(c5cc(Cl)cc(Cl)c5)C4(Cl)Cl)ccc3Cl)c(C)c2)cc1. The van der Waals surface area contributed by atoms with E-state index in [1.54, 1.807) is 48.5 Å². The molecule has 3 N–H and O–H groups in total. The van der Waals surface area contributed by atoms with E-state index in [1.165, 1.54) is 31.2 Å². The van der Waals surface area contributed by atoms with E-state index in [0.29, 0.717) is 33.5 Å². The lowest BCUT2D eigenvalue weighted by molar-refractivity contribution is -0.117. The number of aryl methyl sites for hydroxylation is 1. The molecule has 0 bridgehead atoms. The molecule has 1 aliphatic rings. The molecule has 4 aromatic rings. The molecule has 240 valence electrons. The first kappa shape index (κ1) is 34.3. The highest BCUT2D eigenvalue weighted by Gasteiger charge is 2.67. The molecule has 1 aliphatic carbocycles. The van der Waals surface area contributed by atoms with Crippen LogP contribution in [0, 0.1) is 12.8 Å². The van der Waals surface area contributed by atoms with Crippen LogP contribution in [0.1, 0.15) is 51.9 Å². The number of rotatable bonds is 10. The van der Waals surface area contributed by atoms with Crippen LogP contribution in [0.15, 0.2) is 78.9 Å². The van der Waals surface area contributed by atoms with Gasteiger partial charge in [-0.25, -0.2) is 8.78 Å². The summed E-state index contributed by atoms with van der Waals surface area (Å²) in [5.74, 6) is -5.07. The largest absolute Gasteiger partial charge is 0.381 e. The Kier molecular flexibility index (Phi) is 10.1. The van der Waals surface area contributed by atoms with Gasteiger partial charge in [-0.3, -0.25) is 9.59 Å². The molecule has 0 spiro atoms. The smallest absolute Gasteiger partial charge is 0.273 e. The summed E-state index contributed by atoms with van der Waals surface area (Å²) in [7, 11) is 0. The number of benzene rings is 4. The molecule has 12 heteroatoms. The molecule has 46 heavy (non-hydrogen) atoms. The highest BCUT2D eigenvalue weighted by atomic mass is 35.5. The van der Waals surface area contributed by atoms with E-state index in [0.717, 1.165) is 16.8 Å². The standard InChI is InChI=1S/C34H28Cl5F2N3O2/c1-3-33(40,41)21-6-4-19(5-7-21)17-42-24-9-11-28(18(2)12-24)44-31(45)26-16-25(8-10-27(26)37)43-32(46)30-29(34(30,38)39)20-13-22(35)15-23(36)14-20/h4-16,29-30,42H,3,17H2,1-2H3,(H,43,46)(H,44,45). The molecule has 0 heterocycles. The van der Waals surface area contributed by atoms with Gasteiger partial charge in [0.15, 0.2) is 0 Å². The molecule has 2 atom stereocenters. The molecule has 0 radical (unpaired) electrons. The predicted molar refractivity (Wildman–Crippen MR) is 184 cm³/mol. The minimum atomic E-state index is -2.85. The van der Waals surface area contributed by atoms with E-state index in [4.69, 9.17) is 58.0 Å². The summed E-state index contributed by atoms with van der Waals surface area (Å²) in [6, 6.07) is 21.1. The Labute approximate surface area is 290 Å². The third-order valence-corrected chi connectivity index (χ3v) is 9.56. The average molecular weight is 726 g/mol. The van der Waals surface area contributed by atoms with Crippen LogP contribution in [0.5, 0.6) is 0 Å². The Morgan fingerprint density at radius 3 is 2.13 bits per heavy atom. The Bertz CT molecular complexity index is 1780. The monoisotopic (exact) mass is 723 g/mol. The Hall–Kier alpha value is -3.07. The zero-order valence-corrected chi connectivity index (χ0v) is 28.3. The van der Waals surface area contributed by atoms with Crippen LogP contribution in [0.3, 0.4) is 0 Å². The quantitative estimate of drug-likeness (QED) is 0.143. The first-order valence-electron chi connectivity index (χ1n) is 14.3. The normalized spacial score (nSPS) is 16.9. The minimum absolute atomic E-state index is 0.00799. The van der Waals surface area contributed by atoms with Crippen molar-refractivity contribution in [2.24, 2.45) is 5.92 Å². The molecule has 2 amide bonds. The van der Waals surface area contributed by atoms with Crippen molar-refractivity contribution in [2.75, 3.05) is 16.0 Å². The van der Waals surface area contributed by atoms with Gasteiger partial charge >= 0.3 is 0 Å². The van der Waals surface area contributed by atoms with Crippen LogP contribution in [-0.2, 0) is 17.3 Å². The summed E-state index contributed by atoms with van der Waals surface area (Å²) in [4.78, 5) is 26.4. The number of hydrogen-bond acceptors (Lipinski definition) is 3. The third kappa shape index (κ3) is 7.56. The number of nitrogens with one attached hydrogen (secondary N) is 3. The molecule has 5 nitrogen and oxygen atoms in total. The lowest BCUT2D eigenvalue weighted by Gasteiger charge is -2.15. The fraction of sp³-hybridized carbons (Fsp3) is 0.235. The molecular weight excluding hydrogens is 698 g/mol. The van der Waals surface area contributed by atoms with Crippen molar-refractivity contribution in [1.82, 2.24) is 0 Å². The van der Waals surface area contributed by atoms with Gasteiger partial charge in [-0.05, 0) is 78.2 Å². The van der Waals surface area contributed by atoms with E-state index >= 15 is 0 Å². The van der Waals surface area contributed by atoms with Gasteiger partial charge in [-0.15, -0.1) is 23.2 Å². The molecule has 1 fully saturated rings. The maximum Gasteiger partial charge on any atom is 0.273 e. The fourth-order valence-corrected chi connectivity index (χ4v) is 6.77. The van der Waals surface area contributed by atoms with Gasteiger partial charge in [0.05, 0.1) is 16.5 Å². The number of carbonyl (C=O) groups excluding carboxylic acids is 2. The van der Waals surface area contributed by atoms with E-state index in [1.807, 2.05) is 13.0 Å². The van der Waals surface area contributed by atoms with Crippen molar-refractivity contribution in [3.05, 3.63) is 122 Å². The molecule has 1 saturated carbocycles. The number of halogens is 7. The summed E-state index contributed by atoms with van der Waals surface area (Å²) in [6.07, 6.45) is -0.257. The van der Waals surface area contributed by atoms with Crippen LogP contribution in [0.2, 0.25) is 15.1 Å². The zero-order chi connectivity index (χ0) is 33.4. The summed E-state index contributed by atoms with van der Waals surface area (Å²) >= 11 is 31.6. The topological polar surface area (TPSA) is 70.2 Å². The van der Waals surface area contributed by atoms with Gasteiger partial charge in [-0.1, -0.05) is 66.0 Å². The van der Waals surface area contributed by atoms with Gasteiger partial charge in [0.2, 0.25) is 5.91 Å². The number of carbonyl (C=O) groups is 2. The number of hydrogen-bond donors (Lipinski definition) is 3. The molecule has 5 rings (SSSR count). The molecule has 0 aliphatic heterocycles. The Morgan fingerprint density at radius 1 is 0.848 bits per heavy atom. The number of alkyl halides is 4. The highest BCUT2D eigenvalue weighted by Crippen LogP contribution is 2.65. The van der Waals surface area contributed by atoms with Crippen molar-refractivity contribution in [3.8, 4) is 0 Å². The summed E-state index contributed by atoms with van der Waals surface area (Å²) < 4.78 is 26.4. The summed E-state index contributed by atoms with van der Waals surface area (Å²) in [5, 5.41) is 9.89. The fourth-order valence-electron chi connectivity index (χ4n) is 5.20. The highest BCUT2D eigenvalue weighted by molar-refractivity contribution is 6.53. The molecule has 4 aromatic carbocycles. The Morgan fingerprint density at radius 2 is 1.50 bits per heavy atom. The summed E-state index contributed by atoms with van der Waals surface area (Å²) in [5.41, 5.74) is 4.09. The lowest BCUT2D eigenvalue weighted by Crippen LogP contribution is -2.18. The van der Waals surface area contributed by atoms with Crippen LogP contribution < -0.4 is 16.0 Å². The first-order chi connectivity index (χ1) is 21.7. The van der Waals surface area contributed by atoms with Gasteiger partial charge in [-0.2, -0.15) is 0 Å². The second kappa shape index (κ2) is 13.6. The van der Waals surface area contributed by atoms with Gasteiger partial charge in [0.1, 0.15) is 4.33 Å². The molecule has 0 aromatic heterocycles. The van der Waals surface area contributed by atoms with Crippen LogP contribution in [-0.4, -0.2) is 16.1 Å². The number of amides is 2. The zero-order valence-electron chi connectivity index (χ0n) is 24.5. The third-order valence-electron chi connectivity index (χ3n) is 7.85. The van der Waals surface area contributed by atoms with Gasteiger partial charge < -0.3 is 16.0 Å². The van der Waals surface area contributed by atoms with E-state index in [-0.39, 0.29) is 22.6 Å².